The molecule has 0 bridgehead atoms. The third-order valence-corrected chi connectivity index (χ3v) is 2.36. The van der Waals surface area contributed by atoms with E-state index in [1.807, 2.05) is 19.9 Å². The Morgan fingerprint density at radius 3 is 2.60 bits per heavy atom. The summed E-state index contributed by atoms with van der Waals surface area (Å²) in [5, 5.41) is 9.66. The van der Waals surface area contributed by atoms with Crippen molar-refractivity contribution in [3.05, 3.63) is 34.9 Å². The molecule has 1 aromatic rings. The predicted octanol–water partition coefficient (Wildman–Crippen LogP) is 1.90. The Bertz CT molecular complexity index is 358. The van der Waals surface area contributed by atoms with E-state index >= 15 is 0 Å². The largest absolute Gasteiger partial charge is 0.464 e. The van der Waals surface area contributed by atoms with Crippen LogP contribution in [0.1, 0.15) is 29.7 Å². The molecule has 0 radical (unpaired) electrons. The van der Waals surface area contributed by atoms with Gasteiger partial charge in [-0.2, -0.15) is 0 Å². The average Bonchev–Trinajstić information content (AvgIpc) is 2.21. The Balaban J connectivity index is 2.86. The number of hydrogen-bond donors (Lipinski definition) is 1. The molecule has 15 heavy (non-hydrogen) atoms. The number of aliphatic hydroxyl groups excluding tert-OH is 1. The van der Waals surface area contributed by atoms with Crippen LogP contribution in [0.25, 0.3) is 0 Å². The molecule has 0 aliphatic carbocycles. The van der Waals surface area contributed by atoms with Crippen molar-refractivity contribution in [1.82, 2.24) is 0 Å². The number of benzene rings is 1. The molecule has 3 heteroatoms. The normalized spacial score (nSPS) is 12.3. The van der Waals surface area contributed by atoms with Gasteiger partial charge in [-0.25, -0.2) is 4.79 Å². The molecule has 0 aliphatic heterocycles. The van der Waals surface area contributed by atoms with Crippen molar-refractivity contribution in [2.75, 3.05) is 6.61 Å². The van der Waals surface area contributed by atoms with Crippen LogP contribution in [-0.4, -0.2) is 17.7 Å². The summed E-state index contributed by atoms with van der Waals surface area (Å²) in [6, 6.07) is 5.42. The number of aryl methyl sites for hydroxylation is 2. The standard InChI is InChI=1S/C12H16O3/c1-4-15-12(14)11(13)10-6-5-8(2)9(3)7-10/h5-7,11,13H,4H2,1-3H3/t11-/m1/s1. The molecule has 0 aliphatic rings. The Kier molecular flexibility index (Phi) is 3.86. The fourth-order valence-electron chi connectivity index (χ4n) is 1.29. The molecular weight excluding hydrogens is 192 g/mol. The van der Waals surface area contributed by atoms with Gasteiger partial charge in [0.05, 0.1) is 6.61 Å². The number of carbonyl (C=O) groups excluding carboxylic acids is 1. The Morgan fingerprint density at radius 2 is 2.07 bits per heavy atom. The van der Waals surface area contributed by atoms with Gasteiger partial charge >= 0.3 is 5.97 Å². The van der Waals surface area contributed by atoms with Crippen LogP contribution in [0.4, 0.5) is 0 Å². The van der Waals surface area contributed by atoms with Crippen molar-refractivity contribution in [3.63, 3.8) is 0 Å². The molecule has 1 atom stereocenters. The van der Waals surface area contributed by atoms with E-state index in [0.29, 0.717) is 5.56 Å². The van der Waals surface area contributed by atoms with E-state index in [2.05, 4.69) is 0 Å². The molecule has 0 fully saturated rings. The van der Waals surface area contributed by atoms with Gasteiger partial charge in [-0.1, -0.05) is 18.2 Å². The molecule has 82 valence electrons. The van der Waals surface area contributed by atoms with Gasteiger partial charge in [0.15, 0.2) is 6.10 Å². The second-order valence-corrected chi connectivity index (χ2v) is 3.50. The Labute approximate surface area is 89.7 Å². The van der Waals surface area contributed by atoms with Crippen molar-refractivity contribution in [2.24, 2.45) is 0 Å². The predicted molar refractivity (Wildman–Crippen MR) is 57.5 cm³/mol. The summed E-state index contributed by atoms with van der Waals surface area (Å²) >= 11 is 0. The smallest absolute Gasteiger partial charge is 0.339 e. The van der Waals surface area contributed by atoms with E-state index in [9.17, 15) is 9.90 Å². The molecule has 0 saturated heterocycles. The van der Waals surface area contributed by atoms with Crippen LogP contribution >= 0.6 is 0 Å². The zero-order valence-electron chi connectivity index (χ0n) is 9.28. The summed E-state index contributed by atoms with van der Waals surface area (Å²) < 4.78 is 4.74. The monoisotopic (exact) mass is 208 g/mol. The lowest BCUT2D eigenvalue weighted by Crippen LogP contribution is -2.15. The minimum Gasteiger partial charge on any atom is -0.464 e. The van der Waals surface area contributed by atoms with Gasteiger partial charge in [0, 0.05) is 0 Å². The maximum Gasteiger partial charge on any atom is 0.339 e. The van der Waals surface area contributed by atoms with Gasteiger partial charge in [-0.05, 0) is 37.5 Å². The third kappa shape index (κ3) is 2.80. The van der Waals surface area contributed by atoms with Crippen LogP contribution in [0.2, 0.25) is 0 Å². The zero-order chi connectivity index (χ0) is 11.4. The van der Waals surface area contributed by atoms with Crippen LogP contribution in [0.5, 0.6) is 0 Å². The van der Waals surface area contributed by atoms with Crippen LogP contribution in [-0.2, 0) is 9.53 Å². The second-order valence-electron chi connectivity index (χ2n) is 3.50. The van der Waals surface area contributed by atoms with Crippen molar-refractivity contribution < 1.29 is 14.6 Å². The average molecular weight is 208 g/mol. The number of rotatable bonds is 3. The van der Waals surface area contributed by atoms with Gasteiger partial charge < -0.3 is 9.84 Å². The summed E-state index contributed by atoms with van der Waals surface area (Å²) in [5.41, 5.74) is 2.77. The summed E-state index contributed by atoms with van der Waals surface area (Å²) in [4.78, 5) is 11.3. The molecule has 0 aromatic heterocycles. The first kappa shape index (κ1) is 11.7. The number of carbonyl (C=O) groups is 1. The van der Waals surface area contributed by atoms with Crippen molar-refractivity contribution >= 4 is 5.97 Å². The second kappa shape index (κ2) is 4.94. The molecule has 0 heterocycles. The molecule has 1 aromatic carbocycles. The minimum absolute atomic E-state index is 0.279. The third-order valence-electron chi connectivity index (χ3n) is 2.36. The molecule has 3 nitrogen and oxygen atoms in total. The lowest BCUT2D eigenvalue weighted by Gasteiger charge is -2.11. The SMILES string of the molecule is CCOC(=O)[C@H](O)c1ccc(C)c(C)c1. The molecule has 1 rings (SSSR count). The number of aliphatic hydroxyl groups is 1. The molecule has 0 spiro atoms. The van der Waals surface area contributed by atoms with E-state index in [0.717, 1.165) is 11.1 Å². The van der Waals surface area contributed by atoms with Gasteiger partial charge in [0.1, 0.15) is 0 Å². The fraction of sp³-hybridized carbons (Fsp3) is 0.417. The van der Waals surface area contributed by atoms with E-state index in [1.54, 1.807) is 19.1 Å². The highest BCUT2D eigenvalue weighted by Gasteiger charge is 2.18. The van der Waals surface area contributed by atoms with Gasteiger partial charge in [0.25, 0.3) is 0 Å². The first-order valence-corrected chi connectivity index (χ1v) is 4.98. The maximum absolute atomic E-state index is 11.3. The summed E-state index contributed by atoms with van der Waals surface area (Å²) in [6.45, 7) is 5.91. The van der Waals surface area contributed by atoms with E-state index < -0.39 is 12.1 Å². The van der Waals surface area contributed by atoms with E-state index in [4.69, 9.17) is 4.74 Å². The number of hydrogen-bond acceptors (Lipinski definition) is 3. The van der Waals surface area contributed by atoms with Gasteiger partial charge in [-0.15, -0.1) is 0 Å². The van der Waals surface area contributed by atoms with Crippen LogP contribution in [0.3, 0.4) is 0 Å². The first-order valence-electron chi connectivity index (χ1n) is 4.98. The summed E-state index contributed by atoms with van der Waals surface area (Å²) in [7, 11) is 0. The lowest BCUT2D eigenvalue weighted by molar-refractivity contribution is -0.153. The molecular formula is C12H16O3. The zero-order valence-corrected chi connectivity index (χ0v) is 9.28. The Hall–Kier alpha value is -1.35. The van der Waals surface area contributed by atoms with Gasteiger partial charge in [-0.3, -0.25) is 0 Å². The molecule has 1 N–H and O–H groups in total. The number of ether oxygens (including phenoxy) is 1. The highest BCUT2D eigenvalue weighted by atomic mass is 16.5. The summed E-state index contributed by atoms with van der Waals surface area (Å²) in [6.07, 6.45) is -1.18. The highest BCUT2D eigenvalue weighted by Crippen LogP contribution is 2.18. The fourth-order valence-corrected chi connectivity index (χ4v) is 1.29. The molecule has 0 saturated carbocycles. The summed E-state index contributed by atoms with van der Waals surface area (Å²) in [5.74, 6) is -0.597. The Morgan fingerprint density at radius 1 is 1.40 bits per heavy atom. The first-order chi connectivity index (χ1) is 7.06. The maximum atomic E-state index is 11.3. The lowest BCUT2D eigenvalue weighted by atomic mass is 10.0. The van der Waals surface area contributed by atoms with Crippen molar-refractivity contribution in [1.29, 1.82) is 0 Å². The molecule has 0 amide bonds. The van der Waals surface area contributed by atoms with Gasteiger partial charge in [0.2, 0.25) is 0 Å². The van der Waals surface area contributed by atoms with E-state index in [-0.39, 0.29) is 6.61 Å². The van der Waals surface area contributed by atoms with Crippen molar-refractivity contribution in [2.45, 2.75) is 26.9 Å². The molecule has 0 unspecified atom stereocenters. The van der Waals surface area contributed by atoms with Crippen LogP contribution < -0.4 is 0 Å². The highest BCUT2D eigenvalue weighted by molar-refractivity contribution is 5.76. The minimum atomic E-state index is -1.18. The van der Waals surface area contributed by atoms with E-state index in [1.165, 1.54) is 0 Å². The van der Waals surface area contributed by atoms with Crippen molar-refractivity contribution in [3.8, 4) is 0 Å². The van der Waals surface area contributed by atoms with Crippen LogP contribution in [0, 0.1) is 13.8 Å². The topological polar surface area (TPSA) is 46.5 Å². The number of esters is 1. The quantitative estimate of drug-likeness (QED) is 0.772. The van der Waals surface area contributed by atoms with Crippen LogP contribution in [0.15, 0.2) is 18.2 Å².